The van der Waals surface area contributed by atoms with Gasteiger partial charge in [-0.25, -0.2) is 0 Å². The summed E-state index contributed by atoms with van der Waals surface area (Å²) < 4.78 is 0. The number of aromatic nitrogens is 1. The van der Waals surface area contributed by atoms with E-state index in [1.54, 1.807) is 0 Å². The Bertz CT molecular complexity index is 735. The second kappa shape index (κ2) is 7.44. The smallest absolute Gasteiger partial charge is 0.0463 e. The monoisotopic (exact) mass is 307 g/mol. The van der Waals surface area contributed by atoms with Crippen molar-refractivity contribution in [3.63, 3.8) is 0 Å². The van der Waals surface area contributed by atoms with Crippen LogP contribution < -0.4 is 5.73 Å². The third-order valence-corrected chi connectivity index (χ3v) is 4.27. The van der Waals surface area contributed by atoms with E-state index in [0.717, 1.165) is 30.8 Å². The summed E-state index contributed by atoms with van der Waals surface area (Å²) in [6.45, 7) is 0.156. The maximum absolute atomic E-state index is 9.66. The lowest BCUT2D eigenvalue weighted by molar-refractivity contribution is 0.219. The van der Waals surface area contributed by atoms with E-state index < -0.39 is 0 Å². The number of hydrogen-bond acceptors (Lipinski definition) is 2. The number of nitrogens with two attached hydrogens (primary N) is 1. The Morgan fingerprint density at radius 1 is 1.04 bits per heavy atom. The molecule has 1 heterocycles. The van der Waals surface area contributed by atoms with Crippen LogP contribution in [0, 0.1) is 12.0 Å². The molecule has 0 aliphatic rings. The summed E-state index contributed by atoms with van der Waals surface area (Å²) >= 11 is 0. The minimum Gasteiger partial charge on any atom is -0.396 e. The molecule has 1 aromatic heterocycles. The molecule has 0 saturated heterocycles. The number of para-hydroxylation sites is 1. The Balaban J connectivity index is 1.62. The van der Waals surface area contributed by atoms with Gasteiger partial charge in [0.25, 0.3) is 0 Å². The van der Waals surface area contributed by atoms with Crippen LogP contribution in [0.15, 0.2) is 60.8 Å². The van der Waals surface area contributed by atoms with Gasteiger partial charge < -0.3 is 15.8 Å². The molecule has 0 aliphatic heterocycles. The van der Waals surface area contributed by atoms with Crippen LogP contribution in [0.3, 0.4) is 0 Å². The topological polar surface area (TPSA) is 62.0 Å². The Morgan fingerprint density at radius 2 is 1.78 bits per heavy atom. The number of aliphatic hydroxyl groups is 1. The Morgan fingerprint density at radius 3 is 2.57 bits per heavy atom. The van der Waals surface area contributed by atoms with E-state index in [4.69, 9.17) is 5.73 Å². The number of fused-ring (bicyclic) bond motifs is 1. The lowest BCUT2D eigenvalue weighted by Crippen LogP contribution is -2.21. The van der Waals surface area contributed by atoms with E-state index in [2.05, 4.69) is 29.2 Å². The number of nitrogens with one attached hydrogen (secondary N) is 1. The molecule has 0 fully saturated rings. The standard InChI is InChI=1S/C20H23N2O/c21-18(11-16(14-23)10-15-6-2-1-3-7-15)12-17-13-22-20-9-5-4-8-19(17)20/h1-9,13,16,22-23H,10-12,14,21H2. The molecule has 3 aromatic rings. The van der Waals surface area contributed by atoms with Crippen LogP contribution in [-0.2, 0) is 12.8 Å². The third-order valence-electron chi connectivity index (χ3n) is 4.27. The summed E-state index contributed by atoms with van der Waals surface area (Å²) in [5.74, 6) is 0.169. The van der Waals surface area contributed by atoms with Crippen LogP contribution in [0.1, 0.15) is 17.5 Å². The largest absolute Gasteiger partial charge is 0.396 e. The maximum Gasteiger partial charge on any atom is 0.0463 e. The predicted octanol–water partition coefficient (Wildman–Crippen LogP) is 3.44. The van der Waals surface area contributed by atoms with Crippen LogP contribution >= 0.6 is 0 Å². The van der Waals surface area contributed by atoms with Gasteiger partial charge in [-0.15, -0.1) is 0 Å². The van der Waals surface area contributed by atoms with Crippen molar-refractivity contribution >= 4 is 10.9 Å². The van der Waals surface area contributed by atoms with Gasteiger partial charge in [-0.05, 0) is 42.4 Å². The van der Waals surface area contributed by atoms with Crippen molar-refractivity contribution < 1.29 is 5.11 Å². The first-order chi connectivity index (χ1) is 11.3. The zero-order chi connectivity index (χ0) is 16.1. The van der Waals surface area contributed by atoms with E-state index in [1.807, 2.05) is 36.5 Å². The second-order valence-electron chi connectivity index (χ2n) is 6.14. The van der Waals surface area contributed by atoms with Gasteiger partial charge in [-0.2, -0.15) is 0 Å². The van der Waals surface area contributed by atoms with Crippen molar-refractivity contribution in [1.82, 2.24) is 4.98 Å². The first-order valence-electron chi connectivity index (χ1n) is 8.06. The number of aliphatic hydroxyl groups excluding tert-OH is 1. The van der Waals surface area contributed by atoms with Gasteiger partial charge in [-0.3, -0.25) is 0 Å². The Labute approximate surface area is 137 Å². The van der Waals surface area contributed by atoms with E-state index in [-0.39, 0.29) is 12.5 Å². The summed E-state index contributed by atoms with van der Waals surface area (Å²) in [6.07, 6.45) is 4.37. The van der Waals surface area contributed by atoms with Crippen LogP contribution in [0.5, 0.6) is 0 Å². The van der Waals surface area contributed by atoms with E-state index in [0.29, 0.717) is 0 Å². The quantitative estimate of drug-likeness (QED) is 0.626. The molecule has 23 heavy (non-hydrogen) atoms. The maximum atomic E-state index is 9.66. The zero-order valence-corrected chi connectivity index (χ0v) is 13.2. The average Bonchev–Trinajstić information content (AvgIpc) is 2.98. The second-order valence-corrected chi connectivity index (χ2v) is 6.14. The highest BCUT2D eigenvalue weighted by Gasteiger charge is 2.16. The molecule has 3 heteroatoms. The molecular weight excluding hydrogens is 284 g/mol. The molecule has 3 rings (SSSR count). The summed E-state index contributed by atoms with van der Waals surface area (Å²) in [5, 5.41) is 10.9. The molecule has 0 bridgehead atoms. The van der Waals surface area contributed by atoms with E-state index in [1.165, 1.54) is 16.5 Å². The van der Waals surface area contributed by atoms with Gasteiger partial charge in [-0.1, -0.05) is 48.5 Å². The zero-order valence-electron chi connectivity index (χ0n) is 13.2. The van der Waals surface area contributed by atoms with Crippen molar-refractivity contribution in [3.8, 4) is 0 Å². The van der Waals surface area contributed by atoms with Gasteiger partial charge in [0.2, 0.25) is 0 Å². The molecule has 0 aliphatic carbocycles. The number of H-pyrrole nitrogens is 1. The van der Waals surface area contributed by atoms with Crippen LogP contribution in [0.2, 0.25) is 0 Å². The van der Waals surface area contributed by atoms with Gasteiger partial charge in [0.05, 0.1) is 0 Å². The molecule has 119 valence electrons. The minimum absolute atomic E-state index is 0.156. The molecule has 3 nitrogen and oxygen atoms in total. The Hall–Kier alpha value is -2.10. The Kier molecular flexibility index (Phi) is 5.11. The lowest BCUT2D eigenvalue weighted by Gasteiger charge is -2.18. The number of benzene rings is 2. The van der Waals surface area contributed by atoms with E-state index in [9.17, 15) is 5.11 Å². The fourth-order valence-electron chi connectivity index (χ4n) is 3.11. The van der Waals surface area contributed by atoms with Crippen molar-refractivity contribution in [2.45, 2.75) is 19.3 Å². The summed E-state index contributed by atoms with van der Waals surface area (Å²) in [5.41, 5.74) is 9.87. The van der Waals surface area contributed by atoms with Crippen molar-refractivity contribution in [1.29, 1.82) is 0 Å². The van der Waals surface area contributed by atoms with Gasteiger partial charge in [0.1, 0.15) is 0 Å². The van der Waals surface area contributed by atoms with Gasteiger partial charge >= 0.3 is 0 Å². The fraction of sp³-hybridized carbons (Fsp3) is 0.250. The van der Waals surface area contributed by atoms with Crippen molar-refractivity contribution in [2.24, 2.45) is 11.7 Å². The highest BCUT2D eigenvalue weighted by Crippen LogP contribution is 2.23. The molecule has 1 atom stereocenters. The SMILES string of the molecule is N[C](Cc1c[nH]c2ccccc12)CC(CO)Cc1ccccc1. The third kappa shape index (κ3) is 4.01. The summed E-state index contributed by atoms with van der Waals surface area (Å²) in [4.78, 5) is 3.28. The summed E-state index contributed by atoms with van der Waals surface area (Å²) in [7, 11) is 0. The van der Waals surface area contributed by atoms with Crippen LogP contribution in [0.25, 0.3) is 10.9 Å². The highest BCUT2D eigenvalue weighted by molar-refractivity contribution is 5.83. The number of aromatic amines is 1. The lowest BCUT2D eigenvalue weighted by atomic mass is 9.91. The summed E-state index contributed by atoms with van der Waals surface area (Å²) in [6, 6.07) is 19.4. The van der Waals surface area contributed by atoms with Gasteiger partial charge in [0.15, 0.2) is 0 Å². The molecular formula is C20H23N2O. The van der Waals surface area contributed by atoms with Crippen LogP contribution in [-0.4, -0.2) is 16.7 Å². The van der Waals surface area contributed by atoms with Crippen molar-refractivity contribution in [3.05, 3.63) is 78.0 Å². The molecule has 0 saturated carbocycles. The first-order valence-corrected chi connectivity index (χ1v) is 8.06. The van der Waals surface area contributed by atoms with Crippen molar-refractivity contribution in [2.75, 3.05) is 6.61 Å². The fourth-order valence-corrected chi connectivity index (χ4v) is 3.11. The molecule has 2 aromatic carbocycles. The molecule has 1 radical (unpaired) electrons. The number of rotatable bonds is 7. The molecule has 0 amide bonds. The normalized spacial score (nSPS) is 12.8. The molecule has 1 unspecified atom stereocenters. The molecule has 0 spiro atoms. The highest BCUT2D eigenvalue weighted by atomic mass is 16.3. The first kappa shape index (κ1) is 15.8. The predicted molar refractivity (Wildman–Crippen MR) is 94.8 cm³/mol. The van der Waals surface area contributed by atoms with E-state index >= 15 is 0 Å². The number of hydrogen-bond donors (Lipinski definition) is 3. The van der Waals surface area contributed by atoms with Gasteiger partial charge in [0, 0.05) is 29.7 Å². The van der Waals surface area contributed by atoms with Crippen LogP contribution in [0.4, 0.5) is 0 Å². The minimum atomic E-state index is 0.156. The average molecular weight is 307 g/mol. The molecule has 4 N–H and O–H groups in total.